The van der Waals surface area contributed by atoms with Crippen LogP contribution in [0, 0.1) is 0 Å². The Balaban J connectivity index is 2.39. The van der Waals surface area contributed by atoms with E-state index in [1.54, 1.807) is 7.05 Å². The molecule has 0 aromatic heterocycles. The first kappa shape index (κ1) is 15.8. The second kappa shape index (κ2) is 6.23. The van der Waals surface area contributed by atoms with Crippen molar-refractivity contribution in [3.63, 3.8) is 0 Å². The van der Waals surface area contributed by atoms with Crippen LogP contribution in [0.2, 0.25) is 0 Å². The lowest BCUT2D eigenvalue weighted by atomic mass is 10.2. The Morgan fingerprint density at radius 2 is 2.05 bits per heavy atom. The average molecular weight is 271 g/mol. The van der Waals surface area contributed by atoms with E-state index in [2.05, 4.69) is 0 Å². The van der Waals surface area contributed by atoms with Crippen molar-refractivity contribution in [1.29, 1.82) is 0 Å². The van der Waals surface area contributed by atoms with Crippen molar-refractivity contribution in [2.45, 2.75) is 45.3 Å². The molecule has 0 aromatic rings. The fourth-order valence-electron chi connectivity index (χ4n) is 2.13. The number of primary amides is 1. The van der Waals surface area contributed by atoms with Gasteiger partial charge in [0.1, 0.15) is 5.60 Å². The van der Waals surface area contributed by atoms with Crippen LogP contribution in [-0.4, -0.2) is 60.1 Å². The summed E-state index contributed by atoms with van der Waals surface area (Å²) >= 11 is 0. The highest BCUT2D eigenvalue weighted by atomic mass is 16.6. The van der Waals surface area contributed by atoms with Gasteiger partial charge in [-0.1, -0.05) is 0 Å². The van der Waals surface area contributed by atoms with Crippen molar-refractivity contribution in [3.8, 4) is 0 Å². The Bertz CT molecular complexity index is 339. The van der Waals surface area contributed by atoms with E-state index in [9.17, 15) is 9.59 Å². The smallest absolute Gasteiger partial charge is 0.410 e. The highest BCUT2D eigenvalue weighted by Crippen LogP contribution is 2.16. The molecule has 0 bridgehead atoms. The number of ether oxygens (including phenoxy) is 1. The van der Waals surface area contributed by atoms with E-state index >= 15 is 0 Å². The van der Waals surface area contributed by atoms with Crippen LogP contribution in [0.15, 0.2) is 0 Å². The highest BCUT2D eigenvalue weighted by molar-refractivity contribution is 5.80. The minimum Gasteiger partial charge on any atom is -0.444 e. The molecule has 6 heteroatoms. The molecule has 6 nitrogen and oxygen atoms in total. The van der Waals surface area contributed by atoms with Gasteiger partial charge in [-0.15, -0.1) is 0 Å². The monoisotopic (exact) mass is 271 g/mol. The lowest BCUT2D eigenvalue weighted by Crippen LogP contribution is -2.44. The fraction of sp³-hybridized carbons (Fsp3) is 0.846. The van der Waals surface area contributed by atoms with Crippen molar-refractivity contribution in [2.75, 3.05) is 26.7 Å². The number of nitrogens with zero attached hydrogens (tertiary/aromatic N) is 2. The van der Waals surface area contributed by atoms with E-state index in [0.717, 1.165) is 19.4 Å². The van der Waals surface area contributed by atoms with Gasteiger partial charge in [0.2, 0.25) is 5.91 Å². The zero-order valence-corrected chi connectivity index (χ0v) is 12.3. The number of likely N-dealkylation sites (N-methyl/N-ethyl adjacent to an activating group) is 1. The zero-order chi connectivity index (χ0) is 14.6. The normalized spacial score (nSPS) is 20.3. The van der Waals surface area contributed by atoms with Crippen LogP contribution in [-0.2, 0) is 9.53 Å². The Morgan fingerprint density at radius 1 is 1.42 bits per heavy atom. The van der Waals surface area contributed by atoms with Gasteiger partial charge in [0.05, 0.1) is 6.04 Å². The topological polar surface area (TPSA) is 75.9 Å². The minimum atomic E-state index is -0.491. The molecule has 0 aliphatic carbocycles. The molecule has 1 rings (SSSR count). The van der Waals surface area contributed by atoms with Crippen molar-refractivity contribution in [1.82, 2.24) is 9.80 Å². The average Bonchev–Trinajstić information content (AvgIpc) is 2.71. The fourth-order valence-corrected chi connectivity index (χ4v) is 2.13. The SMILES string of the molecule is CN(CCN1CCC[C@@H]1C(N)=O)C(=O)OC(C)(C)C. The maximum absolute atomic E-state index is 11.8. The van der Waals surface area contributed by atoms with Crippen LogP contribution in [0.25, 0.3) is 0 Å². The third-order valence-corrected chi connectivity index (χ3v) is 3.12. The van der Waals surface area contributed by atoms with Crippen LogP contribution < -0.4 is 5.73 Å². The summed E-state index contributed by atoms with van der Waals surface area (Å²) in [6, 6.07) is -0.188. The summed E-state index contributed by atoms with van der Waals surface area (Å²) in [5, 5.41) is 0. The van der Waals surface area contributed by atoms with Gasteiger partial charge in [0.25, 0.3) is 0 Å². The molecule has 2 N–H and O–H groups in total. The molecule has 19 heavy (non-hydrogen) atoms. The maximum atomic E-state index is 11.8. The highest BCUT2D eigenvalue weighted by Gasteiger charge is 2.29. The number of carbonyl (C=O) groups excluding carboxylic acids is 2. The molecule has 110 valence electrons. The lowest BCUT2D eigenvalue weighted by Gasteiger charge is -2.27. The van der Waals surface area contributed by atoms with Gasteiger partial charge in [-0.2, -0.15) is 0 Å². The number of hydrogen-bond donors (Lipinski definition) is 1. The first-order valence-corrected chi connectivity index (χ1v) is 6.68. The molecule has 1 aliphatic rings. The van der Waals surface area contributed by atoms with Gasteiger partial charge in [-0.05, 0) is 40.2 Å². The lowest BCUT2D eigenvalue weighted by molar-refractivity contribution is -0.122. The van der Waals surface area contributed by atoms with Crippen molar-refractivity contribution in [2.24, 2.45) is 5.73 Å². The summed E-state index contributed by atoms with van der Waals surface area (Å²) in [5.41, 5.74) is 4.86. The van der Waals surface area contributed by atoms with Gasteiger partial charge in [-0.25, -0.2) is 4.79 Å². The van der Waals surface area contributed by atoms with Gasteiger partial charge >= 0.3 is 6.09 Å². The summed E-state index contributed by atoms with van der Waals surface area (Å²) in [6.45, 7) is 7.53. The summed E-state index contributed by atoms with van der Waals surface area (Å²) in [5.74, 6) is -0.280. The van der Waals surface area contributed by atoms with Crippen LogP contribution >= 0.6 is 0 Å². The molecule has 1 saturated heterocycles. The van der Waals surface area contributed by atoms with Crippen LogP contribution in [0.3, 0.4) is 0 Å². The second-order valence-electron chi connectivity index (χ2n) is 6.00. The quantitative estimate of drug-likeness (QED) is 0.820. The van der Waals surface area contributed by atoms with E-state index in [4.69, 9.17) is 10.5 Å². The summed E-state index contributed by atoms with van der Waals surface area (Å²) in [4.78, 5) is 26.6. The van der Waals surface area contributed by atoms with Crippen LogP contribution in [0.1, 0.15) is 33.6 Å². The number of hydrogen-bond acceptors (Lipinski definition) is 4. The number of likely N-dealkylation sites (tertiary alicyclic amines) is 1. The molecular weight excluding hydrogens is 246 g/mol. The maximum Gasteiger partial charge on any atom is 0.410 e. The van der Waals surface area contributed by atoms with E-state index in [1.807, 2.05) is 25.7 Å². The summed E-state index contributed by atoms with van der Waals surface area (Å²) < 4.78 is 5.27. The molecule has 1 atom stereocenters. The van der Waals surface area contributed by atoms with Gasteiger partial charge in [0.15, 0.2) is 0 Å². The molecule has 0 aromatic carbocycles. The number of amides is 2. The predicted octanol–water partition coefficient (Wildman–Crippen LogP) is 0.803. The Morgan fingerprint density at radius 3 is 2.58 bits per heavy atom. The third kappa shape index (κ3) is 5.06. The first-order valence-electron chi connectivity index (χ1n) is 6.68. The number of nitrogens with two attached hydrogens (primary N) is 1. The van der Waals surface area contributed by atoms with Crippen molar-refractivity contribution >= 4 is 12.0 Å². The zero-order valence-electron chi connectivity index (χ0n) is 12.3. The van der Waals surface area contributed by atoms with Gasteiger partial charge in [0, 0.05) is 20.1 Å². The molecule has 1 fully saturated rings. The number of rotatable bonds is 4. The van der Waals surface area contributed by atoms with Gasteiger partial charge < -0.3 is 15.4 Å². The molecular formula is C13H25N3O3. The van der Waals surface area contributed by atoms with E-state index in [1.165, 1.54) is 4.90 Å². The molecule has 0 saturated carbocycles. The van der Waals surface area contributed by atoms with Crippen LogP contribution in [0.4, 0.5) is 4.79 Å². The second-order valence-corrected chi connectivity index (χ2v) is 6.00. The van der Waals surface area contributed by atoms with E-state index in [0.29, 0.717) is 13.1 Å². The Hall–Kier alpha value is -1.30. The van der Waals surface area contributed by atoms with Crippen molar-refractivity contribution < 1.29 is 14.3 Å². The largest absolute Gasteiger partial charge is 0.444 e. The first-order chi connectivity index (χ1) is 8.70. The molecule has 0 spiro atoms. The molecule has 1 heterocycles. The number of carbonyl (C=O) groups is 2. The Kier molecular flexibility index (Phi) is 5.17. The molecule has 1 aliphatic heterocycles. The Labute approximate surface area is 114 Å². The minimum absolute atomic E-state index is 0.188. The van der Waals surface area contributed by atoms with Crippen molar-refractivity contribution in [3.05, 3.63) is 0 Å². The van der Waals surface area contributed by atoms with E-state index < -0.39 is 5.60 Å². The standard InChI is InChI=1S/C13H25N3O3/c1-13(2,3)19-12(18)15(4)8-9-16-7-5-6-10(16)11(14)17/h10H,5-9H2,1-4H3,(H2,14,17)/t10-/m1/s1. The van der Waals surface area contributed by atoms with Crippen LogP contribution in [0.5, 0.6) is 0 Å². The van der Waals surface area contributed by atoms with Gasteiger partial charge in [-0.3, -0.25) is 9.69 Å². The third-order valence-electron chi connectivity index (χ3n) is 3.12. The summed E-state index contributed by atoms with van der Waals surface area (Å²) in [6.07, 6.45) is 1.44. The molecule has 0 radical (unpaired) electrons. The molecule has 0 unspecified atom stereocenters. The van der Waals surface area contributed by atoms with E-state index in [-0.39, 0.29) is 18.0 Å². The predicted molar refractivity (Wildman–Crippen MR) is 72.7 cm³/mol. The summed E-state index contributed by atoms with van der Waals surface area (Å²) in [7, 11) is 1.70. The molecule has 2 amide bonds.